The van der Waals surface area contributed by atoms with Crippen LogP contribution in [0.5, 0.6) is 0 Å². The van der Waals surface area contributed by atoms with E-state index in [1.165, 1.54) is 12.3 Å². The molecule has 0 aromatic rings. The Kier molecular flexibility index (Phi) is 5.14. The van der Waals surface area contributed by atoms with Crippen LogP contribution in [0.3, 0.4) is 0 Å². The monoisotopic (exact) mass is 160 g/mol. The molecule has 5 heteroatoms. The first-order valence-corrected chi connectivity index (χ1v) is 3.15. The van der Waals surface area contributed by atoms with Crippen molar-refractivity contribution in [3.63, 3.8) is 0 Å². The van der Waals surface area contributed by atoms with Crippen molar-refractivity contribution in [3.8, 4) is 0 Å². The summed E-state index contributed by atoms with van der Waals surface area (Å²) in [6.45, 7) is 0.759. The Bertz CT molecular complexity index is 147. The molecule has 0 radical (unpaired) electrons. The lowest BCUT2D eigenvalue weighted by molar-refractivity contribution is -0.137. The molecule has 0 aliphatic heterocycles. The van der Waals surface area contributed by atoms with Gasteiger partial charge in [0.05, 0.1) is 12.9 Å². The zero-order chi connectivity index (χ0) is 8.69. The summed E-state index contributed by atoms with van der Waals surface area (Å²) in [5.41, 5.74) is 10.2. The molecule has 0 unspecified atom stereocenters. The molecule has 0 aromatic carbocycles. The van der Waals surface area contributed by atoms with Crippen LogP contribution in [0.4, 0.5) is 0 Å². The maximum absolute atomic E-state index is 10.1. The first-order valence-electron chi connectivity index (χ1n) is 3.15. The number of nitrogens with two attached hydrogens (primary N) is 2. The van der Waals surface area contributed by atoms with Crippen LogP contribution in [0.25, 0.3) is 0 Å². The van der Waals surface area contributed by atoms with E-state index in [1.54, 1.807) is 0 Å². The van der Waals surface area contributed by atoms with Crippen molar-refractivity contribution in [1.82, 2.24) is 0 Å². The lowest BCUT2D eigenvalue weighted by Crippen LogP contribution is -2.27. The minimum absolute atomic E-state index is 0.364. The molecule has 0 aliphatic rings. The Hall–Kier alpha value is -1.07. The molecule has 0 saturated carbocycles. The Morgan fingerprint density at radius 3 is 2.82 bits per heavy atom. The van der Waals surface area contributed by atoms with Crippen LogP contribution in [0.1, 0.15) is 0 Å². The molecule has 5 N–H and O–H groups in total. The molecule has 0 fully saturated rings. The fourth-order valence-corrected chi connectivity index (χ4v) is 0.359. The van der Waals surface area contributed by atoms with Crippen molar-refractivity contribution >= 4 is 5.97 Å². The van der Waals surface area contributed by atoms with E-state index in [1.807, 2.05) is 0 Å². The third-order valence-corrected chi connectivity index (χ3v) is 0.903. The molecule has 0 bridgehead atoms. The molecule has 0 spiro atoms. The largest absolute Gasteiger partial charge is 0.500 e. The van der Waals surface area contributed by atoms with Crippen molar-refractivity contribution in [2.45, 2.75) is 6.04 Å². The predicted octanol–water partition coefficient (Wildman–Crippen LogP) is -1.11. The summed E-state index contributed by atoms with van der Waals surface area (Å²) in [4.78, 5) is 10.1. The van der Waals surface area contributed by atoms with E-state index in [0.29, 0.717) is 13.2 Å². The van der Waals surface area contributed by atoms with Gasteiger partial charge in [-0.05, 0) is 6.08 Å². The average Bonchev–Trinajstić information content (AvgIpc) is 1.97. The number of ether oxygens (including phenoxy) is 1. The van der Waals surface area contributed by atoms with Gasteiger partial charge in [0.25, 0.3) is 0 Å². The van der Waals surface area contributed by atoms with Gasteiger partial charge in [0.1, 0.15) is 6.04 Å². The fraction of sp³-hybridized carbons (Fsp3) is 0.500. The highest BCUT2D eigenvalue weighted by molar-refractivity contribution is 5.75. The maximum Gasteiger partial charge on any atom is 0.324 e. The Morgan fingerprint density at radius 2 is 2.36 bits per heavy atom. The number of carboxylic acids is 1. The highest BCUT2D eigenvalue weighted by atomic mass is 16.5. The molecule has 1 atom stereocenters. The third kappa shape index (κ3) is 5.38. The predicted molar refractivity (Wildman–Crippen MR) is 39.8 cm³/mol. The lowest BCUT2D eigenvalue weighted by Gasteiger charge is -1.98. The molecule has 11 heavy (non-hydrogen) atoms. The van der Waals surface area contributed by atoms with E-state index in [4.69, 9.17) is 21.3 Å². The standard InChI is InChI=1S/C6H12N2O3/c7-2-4-11-3-1-5(8)6(9)10/h1,3,5H,2,4,7-8H2,(H,9,10)/b3-1+/t5-/m1/s1. The van der Waals surface area contributed by atoms with Crippen LogP contribution in [0, 0.1) is 0 Å². The summed E-state index contributed by atoms with van der Waals surface area (Å²) in [5, 5.41) is 8.28. The second kappa shape index (κ2) is 5.70. The number of carbonyl (C=O) groups is 1. The minimum Gasteiger partial charge on any atom is -0.500 e. The van der Waals surface area contributed by atoms with Gasteiger partial charge < -0.3 is 21.3 Å². The number of hydrogen-bond donors (Lipinski definition) is 3. The highest BCUT2D eigenvalue weighted by Gasteiger charge is 2.05. The van der Waals surface area contributed by atoms with Gasteiger partial charge in [0, 0.05) is 6.54 Å². The van der Waals surface area contributed by atoms with E-state index < -0.39 is 12.0 Å². The number of carboxylic acid groups (broad SMARTS) is 1. The van der Waals surface area contributed by atoms with E-state index in [-0.39, 0.29) is 0 Å². The van der Waals surface area contributed by atoms with E-state index in [9.17, 15) is 4.79 Å². The second-order valence-electron chi connectivity index (χ2n) is 1.85. The zero-order valence-electron chi connectivity index (χ0n) is 6.06. The van der Waals surface area contributed by atoms with Gasteiger partial charge in [-0.2, -0.15) is 0 Å². The van der Waals surface area contributed by atoms with E-state index in [2.05, 4.69) is 0 Å². The molecule has 0 heterocycles. The normalized spacial score (nSPS) is 13.3. The maximum atomic E-state index is 10.1. The summed E-state index contributed by atoms with van der Waals surface area (Å²) in [7, 11) is 0. The first-order chi connectivity index (χ1) is 5.18. The molecule has 0 aromatic heterocycles. The Morgan fingerprint density at radius 1 is 1.73 bits per heavy atom. The zero-order valence-corrected chi connectivity index (χ0v) is 6.06. The summed E-state index contributed by atoms with van der Waals surface area (Å²) in [6.07, 6.45) is 2.49. The van der Waals surface area contributed by atoms with Crippen molar-refractivity contribution < 1.29 is 14.6 Å². The Labute approximate surface area is 64.6 Å². The van der Waals surface area contributed by atoms with Crippen molar-refractivity contribution in [1.29, 1.82) is 0 Å². The Balaban J connectivity index is 3.48. The van der Waals surface area contributed by atoms with Crippen molar-refractivity contribution in [2.75, 3.05) is 13.2 Å². The van der Waals surface area contributed by atoms with Crippen LogP contribution >= 0.6 is 0 Å². The van der Waals surface area contributed by atoms with Crippen LogP contribution in [0.2, 0.25) is 0 Å². The SMILES string of the molecule is NCCO/C=C/[C@@H](N)C(=O)O. The van der Waals surface area contributed by atoms with Gasteiger partial charge >= 0.3 is 5.97 Å². The number of aliphatic carboxylic acids is 1. The first kappa shape index (κ1) is 9.93. The molecular weight excluding hydrogens is 148 g/mol. The number of hydrogen-bond acceptors (Lipinski definition) is 4. The summed E-state index contributed by atoms with van der Waals surface area (Å²) >= 11 is 0. The highest BCUT2D eigenvalue weighted by Crippen LogP contribution is 1.83. The average molecular weight is 160 g/mol. The van der Waals surface area contributed by atoms with E-state index >= 15 is 0 Å². The molecule has 0 amide bonds. The van der Waals surface area contributed by atoms with Crippen LogP contribution in [-0.4, -0.2) is 30.3 Å². The summed E-state index contributed by atoms with van der Waals surface area (Å²) in [6, 6.07) is -1.01. The van der Waals surface area contributed by atoms with Gasteiger partial charge in [-0.1, -0.05) is 0 Å². The second-order valence-corrected chi connectivity index (χ2v) is 1.85. The smallest absolute Gasteiger partial charge is 0.324 e. The lowest BCUT2D eigenvalue weighted by atomic mass is 10.3. The van der Waals surface area contributed by atoms with Gasteiger partial charge in [-0.15, -0.1) is 0 Å². The number of rotatable bonds is 5. The molecule has 5 nitrogen and oxygen atoms in total. The third-order valence-electron chi connectivity index (χ3n) is 0.903. The molecule has 0 rings (SSSR count). The van der Waals surface area contributed by atoms with Crippen LogP contribution in [-0.2, 0) is 9.53 Å². The minimum atomic E-state index is -1.09. The van der Waals surface area contributed by atoms with Crippen LogP contribution < -0.4 is 11.5 Å². The van der Waals surface area contributed by atoms with Gasteiger partial charge in [-0.25, -0.2) is 0 Å². The molecule has 0 aliphatic carbocycles. The van der Waals surface area contributed by atoms with Gasteiger partial charge in [0.2, 0.25) is 0 Å². The summed E-state index contributed by atoms with van der Waals surface area (Å²) in [5.74, 6) is -1.09. The summed E-state index contributed by atoms with van der Waals surface area (Å²) < 4.78 is 4.75. The van der Waals surface area contributed by atoms with Crippen molar-refractivity contribution in [3.05, 3.63) is 12.3 Å². The quantitative estimate of drug-likeness (QED) is 0.350. The van der Waals surface area contributed by atoms with Gasteiger partial charge in [-0.3, -0.25) is 4.79 Å². The molecule has 0 saturated heterocycles. The fourth-order valence-electron chi connectivity index (χ4n) is 0.359. The topological polar surface area (TPSA) is 98.6 Å². The molecule has 64 valence electrons. The van der Waals surface area contributed by atoms with Crippen LogP contribution in [0.15, 0.2) is 12.3 Å². The van der Waals surface area contributed by atoms with Crippen molar-refractivity contribution in [2.24, 2.45) is 11.5 Å². The van der Waals surface area contributed by atoms with E-state index in [0.717, 1.165) is 0 Å². The van der Waals surface area contributed by atoms with Gasteiger partial charge in [0.15, 0.2) is 0 Å². The molecular formula is C6H12N2O3.